The van der Waals surface area contributed by atoms with E-state index in [1.807, 2.05) is 19.2 Å². The molecule has 2 aliphatic heterocycles. The van der Waals surface area contributed by atoms with Crippen LogP contribution < -0.4 is 14.8 Å². The van der Waals surface area contributed by atoms with Crippen molar-refractivity contribution in [3.63, 3.8) is 0 Å². The summed E-state index contributed by atoms with van der Waals surface area (Å²) in [6, 6.07) is 6.70. The van der Waals surface area contributed by atoms with E-state index in [0.29, 0.717) is 58.2 Å². The van der Waals surface area contributed by atoms with Gasteiger partial charge >= 0.3 is 5.97 Å². The van der Waals surface area contributed by atoms with Crippen LogP contribution in [-0.4, -0.2) is 80.5 Å². The number of nitrogens with zero attached hydrogens (tertiary/aromatic N) is 3. The number of methoxy groups -OCH3 is 1. The van der Waals surface area contributed by atoms with Gasteiger partial charge in [-0.1, -0.05) is 49.8 Å². The van der Waals surface area contributed by atoms with Crippen molar-refractivity contribution in [3.8, 4) is 22.9 Å². The molecule has 2 aromatic heterocycles. The van der Waals surface area contributed by atoms with Gasteiger partial charge in [0.25, 0.3) is 0 Å². The Kier molecular flexibility index (Phi) is 14.8. The summed E-state index contributed by atoms with van der Waals surface area (Å²) in [5.41, 5.74) is 1.14. The van der Waals surface area contributed by atoms with Crippen LogP contribution in [0.1, 0.15) is 121 Å². The van der Waals surface area contributed by atoms with Gasteiger partial charge in [0, 0.05) is 47.2 Å². The number of thiazole rings is 1. The van der Waals surface area contributed by atoms with E-state index in [9.17, 15) is 14.3 Å². The number of hydrogen-bond donors (Lipinski definition) is 2. The van der Waals surface area contributed by atoms with Crippen molar-refractivity contribution in [1.82, 2.24) is 14.9 Å². The number of esters is 1. The number of amides is 1. The number of anilines is 1. The van der Waals surface area contributed by atoms with E-state index in [-0.39, 0.29) is 66.8 Å². The number of ether oxygens (including phenoxy) is 3. The van der Waals surface area contributed by atoms with Gasteiger partial charge in [-0.2, -0.15) is 0 Å². The first kappa shape index (κ1) is 48.3. The minimum Gasteiger partial charge on any atom is -0.495 e. The zero-order valence-electron chi connectivity index (χ0n) is 38.1. The molecule has 2 saturated heterocycles. The fourth-order valence-electron chi connectivity index (χ4n) is 10.4. The molecule has 0 spiro atoms. The minimum atomic E-state index is -4.46. The highest BCUT2D eigenvalue weighted by Crippen LogP contribution is 2.75. The fraction of sp³-hybridized carbons (Fsp3) is 0.571. The quantitative estimate of drug-likeness (QED) is 0.103. The molecule has 12 nitrogen and oxygen atoms in total. The first-order chi connectivity index (χ1) is 31.6. The first-order valence-corrected chi connectivity index (χ1v) is 26.5. The van der Waals surface area contributed by atoms with Gasteiger partial charge in [-0.15, -0.1) is 11.3 Å². The maximum Gasteiger partial charge on any atom is 0.306 e. The summed E-state index contributed by atoms with van der Waals surface area (Å²) in [6.07, 6.45) is 6.62. The Balaban J connectivity index is 1.15. The largest absolute Gasteiger partial charge is 0.495 e. The van der Waals surface area contributed by atoms with Crippen molar-refractivity contribution in [2.24, 2.45) is 11.8 Å². The Hall–Kier alpha value is -4.17. The molecule has 0 bridgehead atoms. The lowest BCUT2D eigenvalue weighted by Crippen LogP contribution is -2.45. The van der Waals surface area contributed by atoms with Gasteiger partial charge in [0.2, 0.25) is 13.3 Å². The Morgan fingerprint density at radius 3 is 2.47 bits per heavy atom. The molecule has 4 heterocycles. The molecule has 1 unspecified atom stereocenters. The van der Waals surface area contributed by atoms with Crippen LogP contribution in [-0.2, 0) is 29.8 Å². The van der Waals surface area contributed by atoms with E-state index in [1.165, 1.54) is 36.3 Å². The van der Waals surface area contributed by atoms with E-state index in [0.717, 1.165) is 57.4 Å². The van der Waals surface area contributed by atoms with E-state index < -0.39 is 65.7 Å². The van der Waals surface area contributed by atoms with Gasteiger partial charge in [0.1, 0.15) is 46.1 Å². The van der Waals surface area contributed by atoms with E-state index in [4.69, 9.17) is 35.8 Å². The minimum absolute atomic E-state index is 0.0153. The smallest absolute Gasteiger partial charge is 0.306 e. The van der Waals surface area contributed by atoms with E-state index in [1.54, 1.807) is 18.2 Å². The predicted octanol–water partition coefficient (Wildman–Crippen LogP) is 11.2. The van der Waals surface area contributed by atoms with Gasteiger partial charge in [-0.3, -0.25) is 18.9 Å². The molecule has 8 rings (SSSR count). The number of fused-ring (bicyclic) bond motifs is 3. The second-order valence-electron chi connectivity index (χ2n) is 19.1. The number of halogens is 3. The highest BCUT2D eigenvalue weighted by atomic mass is 35.5. The lowest BCUT2D eigenvalue weighted by atomic mass is 9.94. The number of nitrogens with one attached hydrogen (secondary N) is 1. The number of ketones is 1. The molecule has 356 valence electrons. The van der Waals surface area contributed by atoms with E-state index in [2.05, 4.69) is 5.32 Å². The molecule has 4 aromatic rings. The molecular weight excluding hydrogens is 909 g/mol. The number of Topliss-reactive ketones (excluding diaryl/α,β-unsaturated/α-hetero) is 1. The van der Waals surface area contributed by atoms with Crippen LogP contribution in [0.2, 0.25) is 5.02 Å². The predicted molar refractivity (Wildman–Crippen MR) is 252 cm³/mol. The monoisotopic (exact) mass is 968 g/mol. The number of aromatic nitrogens is 2. The number of hydrogen-bond acceptors (Lipinski definition) is 11. The van der Waals surface area contributed by atoms with Gasteiger partial charge in [-0.25, -0.2) is 18.7 Å². The maximum atomic E-state index is 15.4. The van der Waals surface area contributed by atoms with Crippen molar-refractivity contribution < 1.29 is 46.8 Å². The molecule has 2 aromatic carbocycles. The average Bonchev–Trinajstić information content (AvgIpc) is 3.69. The molecule has 17 heteroatoms. The molecule has 66 heavy (non-hydrogen) atoms. The Morgan fingerprint density at radius 2 is 1.73 bits per heavy atom. The normalized spacial score (nSPS) is 25.2. The standard InChI is InChI=1S/C49H60ClF2N4O8PS/c1-28(2)53-48-55-38(27-66-48)37-22-42(34-17-19-41(62-4)44(50)46(34)54-37)63-33-21-39-40(57)24-49(65(60,61)26-35-36(51)18-16-29(3)45(35)52)23-31(49)13-9-7-5-6-8-12-30(47(59)56(39)25-33)20-43(58)64-32-14-10-11-15-32/h16-19,22,27-28,30-33,39H,5-15,20-21,23-26H2,1-4H3,(H,53,55)(H,60,61)/t30-,31+,33-,39+,49-/m1/s1. The van der Waals surface area contributed by atoms with Crippen LogP contribution in [0.4, 0.5) is 13.9 Å². The molecule has 1 amide bonds. The molecule has 2 saturated carbocycles. The van der Waals surface area contributed by atoms with Crippen LogP contribution in [0.15, 0.2) is 35.7 Å². The van der Waals surface area contributed by atoms with Crippen LogP contribution in [0.5, 0.6) is 11.5 Å². The summed E-state index contributed by atoms with van der Waals surface area (Å²) in [5.74, 6) is -3.34. The fourth-order valence-corrected chi connectivity index (χ4v) is 14.1. The van der Waals surface area contributed by atoms with Gasteiger partial charge < -0.3 is 29.3 Å². The summed E-state index contributed by atoms with van der Waals surface area (Å²) in [4.78, 5) is 66.7. The van der Waals surface area contributed by atoms with Crippen LogP contribution >= 0.6 is 30.3 Å². The lowest BCUT2D eigenvalue weighted by Gasteiger charge is -2.30. The highest BCUT2D eigenvalue weighted by Gasteiger charge is 2.66. The molecule has 4 fully saturated rings. The van der Waals surface area contributed by atoms with Crippen LogP contribution in [0, 0.1) is 30.4 Å². The van der Waals surface area contributed by atoms with Crippen molar-refractivity contribution in [3.05, 3.63) is 63.5 Å². The Labute approximate surface area is 394 Å². The zero-order valence-corrected chi connectivity index (χ0v) is 40.6. The average molecular weight is 970 g/mol. The number of pyridine rings is 1. The second kappa shape index (κ2) is 20.2. The SMILES string of the molecule is COc1ccc2c(O[C@@H]3C[C@H]4C(=O)C[C@]5(P(=O)(O)Cc6c(F)ccc(C)c6F)C[C@@H]5CCCCCCC[C@H](CC(=O)OC5CCCC5)C(=O)N4C3)cc(-c3csc(NC(C)C)n3)nc2c1Cl. The number of carbonyl (C=O) groups is 3. The topological polar surface area (TPSA) is 157 Å². The Bertz CT molecular complexity index is 2520. The highest BCUT2D eigenvalue weighted by molar-refractivity contribution is 7.59. The van der Waals surface area contributed by atoms with Crippen molar-refractivity contribution >= 4 is 64.0 Å². The first-order valence-electron chi connectivity index (χ1n) is 23.4. The third-order valence-electron chi connectivity index (χ3n) is 14.1. The van der Waals surface area contributed by atoms with Crippen LogP contribution in [0.25, 0.3) is 22.3 Å². The molecular formula is C49H60ClF2N4O8PS. The van der Waals surface area contributed by atoms with Crippen molar-refractivity contribution in [1.29, 1.82) is 0 Å². The summed E-state index contributed by atoms with van der Waals surface area (Å²) >= 11 is 8.32. The summed E-state index contributed by atoms with van der Waals surface area (Å²) < 4.78 is 63.5. The molecule has 0 radical (unpaired) electrons. The maximum absolute atomic E-state index is 15.4. The number of rotatable bonds is 12. The van der Waals surface area contributed by atoms with Crippen molar-refractivity contribution in [2.75, 3.05) is 19.0 Å². The summed E-state index contributed by atoms with van der Waals surface area (Å²) in [5, 5.41) is 5.30. The third kappa shape index (κ3) is 10.3. The summed E-state index contributed by atoms with van der Waals surface area (Å²) in [7, 11) is -2.95. The van der Waals surface area contributed by atoms with Gasteiger partial charge in [0.05, 0.1) is 48.6 Å². The number of aryl methyl sites for hydroxylation is 1. The molecule has 2 aliphatic carbocycles. The Morgan fingerprint density at radius 1 is 1.00 bits per heavy atom. The number of carbonyl (C=O) groups excluding carboxylic acids is 3. The molecule has 6 atom stereocenters. The summed E-state index contributed by atoms with van der Waals surface area (Å²) in [6.45, 7) is 5.49. The van der Waals surface area contributed by atoms with Crippen molar-refractivity contribution in [2.45, 2.75) is 153 Å². The van der Waals surface area contributed by atoms with Gasteiger partial charge in [0.15, 0.2) is 10.9 Å². The van der Waals surface area contributed by atoms with Gasteiger partial charge in [-0.05, 0) is 95.4 Å². The molecule has 4 aliphatic rings. The van der Waals surface area contributed by atoms with E-state index >= 15 is 18.4 Å². The third-order valence-corrected chi connectivity index (χ3v) is 18.0. The van der Waals surface area contributed by atoms with Crippen LogP contribution in [0.3, 0.4) is 0 Å². The number of benzene rings is 2. The molecule has 2 N–H and O–H groups in total. The zero-order chi connectivity index (χ0) is 46.9. The lowest BCUT2D eigenvalue weighted by molar-refractivity contribution is -0.154. The second-order valence-corrected chi connectivity index (χ2v) is 23.0.